The minimum Gasteiger partial charge on any atom is -0.464 e. The molecule has 2 aromatic rings. The molecule has 2 heterocycles. The van der Waals surface area contributed by atoms with E-state index in [1.54, 1.807) is 22.7 Å². The average molecular weight is 293 g/mol. The number of hydrogen-bond acceptors (Lipinski definition) is 6. The van der Waals surface area contributed by atoms with Gasteiger partial charge in [-0.05, 0) is 13.3 Å². The van der Waals surface area contributed by atoms with Gasteiger partial charge in [0.2, 0.25) is 0 Å². The average Bonchev–Trinajstić information content (AvgIpc) is 3.09. The van der Waals surface area contributed by atoms with Crippen molar-refractivity contribution in [2.24, 2.45) is 7.05 Å². The van der Waals surface area contributed by atoms with E-state index in [4.69, 9.17) is 9.47 Å². The lowest BCUT2D eigenvalue weighted by Gasteiger charge is -2.13. The van der Waals surface area contributed by atoms with Gasteiger partial charge in [-0.2, -0.15) is 5.10 Å². The van der Waals surface area contributed by atoms with Gasteiger partial charge in [0.25, 0.3) is 0 Å². The first-order valence-electron chi connectivity index (χ1n) is 6.60. The second-order valence-electron chi connectivity index (χ2n) is 4.76. The largest absolute Gasteiger partial charge is 0.464 e. The molecule has 0 aliphatic rings. The fourth-order valence-electron chi connectivity index (χ4n) is 2.06. The van der Waals surface area contributed by atoms with E-state index in [0.717, 1.165) is 12.0 Å². The van der Waals surface area contributed by atoms with Crippen LogP contribution in [0.15, 0.2) is 12.4 Å². The number of rotatable bonds is 6. The molecule has 0 bridgehead atoms. The molecule has 0 saturated carbocycles. The van der Waals surface area contributed by atoms with Gasteiger partial charge >= 0.3 is 5.97 Å². The standard InChI is InChI=1S/C13H19N5O3/c1-9(5-6-20-3)18-12(10-7-14-17(2)8-10)11(15-16-18)13(19)21-4/h7-9H,5-6H2,1-4H3. The Balaban J connectivity index is 2.46. The van der Waals surface area contributed by atoms with Gasteiger partial charge in [-0.25, -0.2) is 9.48 Å². The molecule has 2 rings (SSSR count). The van der Waals surface area contributed by atoms with E-state index in [0.29, 0.717) is 12.3 Å². The maximum atomic E-state index is 11.9. The smallest absolute Gasteiger partial charge is 0.360 e. The summed E-state index contributed by atoms with van der Waals surface area (Å²) >= 11 is 0. The summed E-state index contributed by atoms with van der Waals surface area (Å²) in [5.41, 5.74) is 1.57. The minimum atomic E-state index is -0.515. The van der Waals surface area contributed by atoms with Gasteiger partial charge in [-0.15, -0.1) is 5.10 Å². The van der Waals surface area contributed by atoms with Gasteiger partial charge in [0.05, 0.1) is 19.3 Å². The number of aromatic nitrogens is 5. The summed E-state index contributed by atoms with van der Waals surface area (Å²) in [5, 5.41) is 12.2. The molecule has 0 aliphatic carbocycles. The molecule has 0 saturated heterocycles. The molecule has 8 heteroatoms. The van der Waals surface area contributed by atoms with Crippen molar-refractivity contribution in [3.05, 3.63) is 18.1 Å². The maximum Gasteiger partial charge on any atom is 0.360 e. The number of esters is 1. The monoisotopic (exact) mass is 293 g/mol. The number of nitrogens with zero attached hydrogens (tertiary/aromatic N) is 5. The Kier molecular flexibility index (Phi) is 4.69. The fourth-order valence-corrected chi connectivity index (χ4v) is 2.06. The van der Waals surface area contributed by atoms with Crippen molar-refractivity contribution in [2.45, 2.75) is 19.4 Å². The first kappa shape index (κ1) is 15.2. The second kappa shape index (κ2) is 6.49. The quantitative estimate of drug-likeness (QED) is 0.741. The Bertz CT molecular complexity index is 619. The van der Waals surface area contributed by atoms with Crippen molar-refractivity contribution in [2.75, 3.05) is 20.8 Å². The summed E-state index contributed by atoms with van der Waals surface area (Å²) in [5.74, 6) is -0.515. The van der Waals surface area contributed by atoms with E-state index in [9.17, 15) is 4.79 Å². The highest BCUT2D eigenvalue weighted by Gasteiger charge is 2.25. The Morgan fingerprint density at radius 2 is 2.19 bits per heavy atom. The number of carbonyl (C=O) groups excluding carboxylic acids is 1. The molecule has 0 aliphatic heterocycles. The van der Waals surface area contributed by atoms with Gasteiger partial charge in [-0.3, -0.25) is 4.68 Å². The van der Waals surface area contributed by atoms with E-state index in [2.05, 4.69) is 15.4 Å². The van der Waals surface area contributed by atoms with Gasteiger partial charge in [-0.1, -0.05) is 5.21 Å². The fraction of sp³-hybridized carbons (Fsp3) is 0.538. The number of carbonyl (C=O) groups is 1. The lowest BCUT2D eigenvalue weighted by atomic mass is 10.1. The summed E-state index contributed by atoms with van der Waals surface area (Å²) in [6.45, 7) is 2.59. The number of hydrogen-bond donors (Lipinski definition) is 0. The van der Waals surface area contributed by atoms with Crippen LogP contribution in [0.4, 0.5) is 0 Å². The third-order valence-corrected chi connectivity index (χ3v) is 3.21. The first-order chi connectivity index (χ1) is 10.1. The molecule has 21 heavy (non-hydrogen) atoms. The number of aryl methyl sites for hydroxylation is 1. The molecule has 0 N–H and O–H groups in total. The Morgan fingerprint density at radius 3 is 2.76 bits per heavy atom. The molecule has 0 amide bonds. The zero-order valence-electron chi connectivity index (χ0n) is 12.6. The third-order valence-electron chi connectivity index (χ3n) is 3.21. The summed E-state index contributed by atoms with van der Waals surface area (Å²) in [6.07, 6.45) is 4.24. The summed E-state index contributed by atoms with van der Waals surface area (Å²) in [7, 11) is 4.78. The van der Waals surface area contributed by atoms with Crippen LogP contribution >= 0.6 is 0 Å². The Morgan fingerprint density at radius 1 is 1.43 bits per heavy atom. The van der Waals surface area contributed by atoms with Crippen molar-refractivity contribution in [1.29, 1.82) is 0 Å². The Labute approximate surface area is 122 Å². The lowest BCUT2D eigenvalue weighted by molar-refractivity contribution is 0.0595. The van der Waals surface area contributed by atoms with E-state index in [1.165, 1.54) is 7.11 Å². The SMILES string of the molecule is COCCC(C)n1nnc(C(=O)OC)c1-c1cnn(C)c1. The molecular weight excluding hydrogens is 274 g/mol. The number of ether oxygens (including phenoxy) is 2. The van der Waals surface area contributed by atoms with E-state index >= 15 is 0 Å². The molecule has 0 spiro atoms. The van der Waals surface area contributed by atoms with Crippen molar-refractivity contribution < 1.29 is 14.3 Å². The molecule has 8 nitrogen and oxygen atoms in total. The molecule has 1 unspecified atom stereocenters. The molecular formula is C13H19N5O3. The molecule has 0 aromatic carbocycles. The molecule has 2 aromatic heterocycles. The van der Waals surface area contributed by atoms with Crippen LogP contribution in [0.25, 0.3) is 11.3 Å². The maximum absolute atomic E-state index is 11.9. The van der Waals surface area contributed by atoms with Crippen LogP contribution in [-0.4, -0.2) is 51.6 Å². The van der Waals surface area contributed by atoms with Gasteiger partial charge < -0.3 is 9.47 Å². The van der Waals surface area contributed by atoms with Gasteiger partial charge in [0, 0.05) is 32.5 Å². The van der Waals surface area contributed by atoms with Crippen LogP contribution in [-0.2, 0) is 16.5 Å². The zero-order chi connectivity index (χ0) is 15.4. The topological polar surface area (TPSA) is 84.1 Å². The van der Waals surface area contributed by atoms with Crippen LogP contribution in [0.3, 0.4) is 0 Å². The summed E-state index contributed by atoms with van der Waals surface area (Å²) in [6, 6.07) is 0.0334. The Hall–Kier alpha value is -2.22. The number of methoxy groups -OCH3 is 2. The molecule has 0 fully saturated rings. The summed E-state index contributed by atoms with van der Waals surface area (Å²) < 4.78 is 13.2. The van der Waals surface area contributed by atoms with Crippen molar-refractivity contribution in [3.8, 4) is 11.3 Å². The lowest BCUT2D eigenvalue weighted by Crippen LogP contribution is -2.12. The van der Waals surface area contributed by atoms with E-state index in [-0.39, 0.29) is 11.7 Å². The summed E-state index contributed by atoms with van der Waals surface area (Å²) in [4.78, 5) is 11.9. The minimum absolute atomic E-state index is 0.0334. The molecule has 114 valence electrons. The van der Waals surface area contributed by atoms with Crippen LogP contribution < -0.4 is 0 Å². The van der Waals surface area contributed by atoms with Crippen LogP contribution in [0.2, 0.25) is 0 Å². The zero-order valence-corrected chi connectivity index (χ0v) is 12.6. The van der Waals surface area contributed by atoms with Crippen molar-refractivity contribution >= 4 is 5.97 Å². The predicted octanol–water partition coefficient (Wildman–Crippen LogP) is 1.06. The second-order valence-corrected chi connectivity index (χ2v) is 4.76. The van der Waals surface area contributed by atoms with Crippen LogP contribution in [0, 0.1) is 0 Å². The van der Waals surface area contributed by atoms with E-state index < -0.39 is 5.97 Å². The van der Waals surface area contributed by atoms with Gasteiger partial charge in [0.15, 0.2) is 5.69 Å². The normalized spacial score (nSPS) is 12.4. The molecule has 0 radical (unpaired) electrons. The highest BCUT2D eigenvalue weighted by atomic mass is 16.5. The first-order valence-corrected chi connectivity index (χ1v) is 6.60. The van der Waals surface area contributed by atoms with Crippen molar-refractivity contribution in [1.82, 2.24) is 24.8 Å². The van der Waals surface area contributed by atoms with Crippen molar-refractivity contribution in [3.63, 3.8) is 0 Å². The predicted molar refractivity (Wildman–Crippen MR) is 74.8 cm³/mol. The third kappa shape index (κ3) is 3.10. The van der Waals surface area contributed by atoms with Crippen LogP contribution in [0.5, 0.6) is 0 Å². The highest BCUT2D eigenvalue weighted by molar-refractivity contribution is 5.93. The molecule has 1 atom stereocenters. The van der Waals surface area contributed by atoms with E-state index in [1.807, 2.05) is 20.2 Å². The highest BCUT2D eigenvalue weighted by Crippen LogP contribution is 2.26. The van der Waals surface area contributed by atoms with Gasteiger partial charge in [0.1, 0.15) is 5.69 Å². The van der Waals surface area contributed by atoms with Crippen LogP contribution in [0.1, 0.15) is 29.9 Å².